The standard InChI is InChI=1S/C23H29Si/c1-23(2,3)18-22(19-12-10-11-13-19)24(20-14-6-4-7-15-20)21-16-8-5-9-17-21/h4-11,14-17,19,22H,12-13,18H2,1-3H3. The maximum Gasteiger partial charge on any atom is 0.124 e. The van der Waals surface area contributed by atoms with Crippen LogP contribution in [0.5, 0.6) is 0 Å². The first-order chi connectivity index (χ1) is 11.5. The maximum absolute atomic E-state index is 2.40. The van der Waals surface area contributed by atoms with Gasteiger partial charge in [-0.15, -0.1) is 0 Å². The van der Waals surface area contributed by atoms with E-state index in [1.165, 1.54) is 19.3 Å². The van der Waals surface area contributed by atoms with E-state index < -0.39 is 8.80 Å². The molecule has 0 spiro atoms. The first-order valence-corrected chi connectivity index (χ1v) is 10.7. The second-order valence-corrected chi connectivity index (χ2v) is 10.9. The number of rotatable bonds is 5. The van der Waals surface area contributed by atoms with Crippen molar-refractivity contribution < 1.29 is 0 Å². The second-order valence-electron chi connectivity index (χ2n) is 8.22. The maximum atomic E-state index is 2.40. The summed E-state index contributed by atoms with van der Waals surface area (Å²) < 4.78 is 0. The molecule has 2 aromatic carbocycles. The van der Waals surface area contributed by atoms with Crippen LogP contribution in [0.4, 0.5) is 0 Å². The van der Waals surface area contributed by atoms with Crippen molar-refractivity contribution in [1.82, 2.24) is 0 Å². The molecule has 1 aliphatic rings. The third-order valence-electron chi connectivity index (χ3n) is 4.99. The predicted octanol–water partition coefficient (Wildman–Crippen LogP) is 5.07. The molecule has 0 aliphatic heterocycles. The van der Waals surface area contributed by atoms with Gasteiger partial charge in [0.05, 0.1) is 0 Å². The van der Waals surface area contributed by atoms with Gasteiger partial charge in [-0.3, -0.25) is 0 Å². The average molecular weight is 334 g/mol. The van der Waals surface area contributed by atoms with Crippen molar-refractivity contribution >= 4 is 19.2 Å². The highest BCUT2D eigenvalue weighted by Gasteiger charge is 2.36. The van der Waals surface area contributed by atoms with E-state index >= 15 is 0 Å². The van der Waals surface area contributed by atoms with E-state index in [1.807, 2.05) is 0 Å². The predicted molar refractivity (Wildman–Crippen MR) is 108 cm³/mol. The molecule has 0 aromatic heterocycles. The van der Waals surface area contributed by atoms with E-state index in [2.05, 4.69) is 93.6 Å². The molecule has 0 fully saturated rings. The van der Waals surface area contributed by atoms with Crippen LogP contribution in [0.1, 0.15) is 40.0 Å². The van der Waals surface area contributed by atoms with Crippen molar-refractivity contribution in [1.29, 1.82) is 0 Å². The summed E-state index contributed by atoms with van der Waals surface area (Å²) in [5, 5.41) is 3.13. The Morgan fingerprint density at radius 1 is 0.833 bits per heavy atom. The van der Waals surface area contributed by atoms with Gasteiger partial charge in [0.1, 0.15) is 8.80 Å². The summed E-state index contributed by atoms with van der Waals surface area (Å²) in [4.78, 5) is 0. The molecule has 0 saturated heterocycles. The third-order valence-corrected chi connectivity index (χ3v) is 8.31. The first-order valence-electron chi connectivity index (χ1n) is 9.17. The van der Waals surface area contributed by atoms with Crippen LogP contribution in [0, 0.1) is 11.3 Å². The van der Waals surface area contributed by atoms with E-state index in [4.69, 9.17) is 0 Å². The van der Waals surface area contributed by atoms with Gasteiger partial charge < -0.3 is 0 Å². The van der Waals surface area contributed by atoms with Crippen LogP contribution >= 0.6 is 0 Å². The second kappa shape index (κ2) is 7.52. The van der Waals surface area contributed by atoms with Gasteiger partial charge in [0.15, 0.2) is 0 Å². The van der Waals surface area contributed by atoms with Crippen LogP contribution in [0.2, 0.25) is 5.54 Å². The highest BCUT2D eigenvalue weighted by Crippen LogP contribution is 2.40. The molecule has 1 unspecified atom stereocenters. The summed E-state index contributed by atoms with van der Waals surface area (Å²) in [5.41, 5.74) is 1.14. The summed E-state index contributed by atoms with van der Waals surface area (Å²) in [5.74, 6) is 0.804. The van der Waals surface area contributed by atoms with Crippen LogP contribution in [0.25, 0.3) is 0 Å². The molecular weight excluding hydrogens is 304 g/mol. The molecule has 1 aliphatic carbocycles. The van der Waals surface area contributed by atoms with E-state index in [-0.39, 0.29) is 0 Å². The molecule has 0 nitrogen and oxygen atoms in total. The third kappa shape index (κ3) is 4.27. The monoisotopic (exact) mass is 333 g/mol. The zero-order valence-corrected chi connectivity index (χ0v) is 16.2. The minimum Gasteiger partial charge on any atom is -0.0882 e. The smallest absolute Gasteiger partial charge is 0.0882 e. The molecule has 0 N–H and O–H groups in total. The first kappa shape index (κ1) is 17.2. The lowest BCUT2D eigenvalue weighted by molar-refractivity contribution is 0.325. The van der Waals surface area contributed by atoms with Crippen LogP contribution in [0.3, 0.4) is 0 Å². The molecule has 1 heteroatoms. The fourth-order valence-electron chi connectivity index (χ4n) is 3.96. The summed E-state index contributed by atoms with van der Waals surface area (Å²) in [6, 6.07) is 22.6. The summed E-state index contributed by atoms with van der Waals surface area (Å²) in [6.07, 6.45) is 8.62. The van der Waals surface area contributed by atoms with Crippen molar-refractivity contribution in [2.24, 2.45) is 11.3 Å². The summed E-state index contributed by atoms with van der Waals surface area (Å²) in [7, 11) is -0.794. The zero-order chi connectivity index (χ0) is 17.0. The Balaban J connectivity index is 2.03. The summed E-state index contributed by atoms with van der Waals surface area (Å²) in [6.45, 7) is 7.20. The Kier molecular flexibility index (Phi) is 5.40. The zero-order valence-electron chi connectivity index (χ0n) is 15.2. The molecule has 0 bridgehead atoms. The van der Waals surface area contributed by atoms with E-state index in [0.717, 1.165) is 11.5 Å². The fourth-order valence-corrected chi connectivity index (χ4v) is 7.81. The molecule has 1 radical (unpaired) electrons. The van der Waals surface area contributed by atoms with Crippen LogP contribution < -0.4 is 10.4 Å². The molecule has 3 rings (SSSR count). The van der Waals surface area contributed by atoms with Gasteiger partial charge in [-0.1, -0.05) is 104 Å². The van der Waals surface area contributed by atoms with Crippen molar-refractivity contribution in [2.75, 3.05) is 0 Å². The van der Waals surface area contributed by atoms with Gasteiger partial charge in [-0.05, 0) is 36.1 Å². The van der Waals surface area contributed by atoms with Gasteiger partial charge in [0.25, 0.3) is 0 Å². The molecule has 1 atom stereocenters. The fraction of sp³-hybridized carbons (Fsp3) is 0.391. The highest BCUT2D eigenvalue weighted by atomic mass is 28.3. The van der Waals surface area contributed by atoms with Crippen LogP contribution in [-0.4, -0.2) is 8.80 Å². The topological polar surface area (TPSA) is 0 Å². The lowest BCUT2D eigenvalue weighted by Gasteiger charge is -2.36. The SMILES string of the molecule is CC(C)(C)CC(C1CC=CC1)[Si](c1ccccc1)c1ccccc1. The Labute approximate surface area is 149 Å². The van der Waals surface area contributed by atoms with Crippen LogP contribution in [-0.2, 0) is 0 Å². The van der Waals surface area contributed by atoms with Gasteiger partial charge in [-0.25, -0.2) is 0 Å². The van der Waals surface area contributed by atoms with Crippen LogP contribution in [0.15, 0.2) is 72.8 Å². The van der Waals surface area contributed by atoms with Gasteiger partial charge in [-0.2, -0.15) is 0 Å². The Hall–Kier alpha value is -1.60. The molecule has 0 amide bonds. The van der Waals surface area contributed by atoms with Gasteiger partial charge in [0, 0.05) is 0 Å². The highest BCUT2D eigenvalue weighted by molar-refractivity contribution is 6.86. The van der Waals surface area contributed by atoms with Crippen molar-refractivity contribution in [3.05, 3.63) is 72.8 Å². The molecule has 0 saturated carbocycles. The lowest BCUT2D eigenvalue weighted by Crippen LogP contribution is -2.48. The Morgan fingerprint density at radius 3 is 1.71 bits per heavy atom. The molecule has 24 heavy (non-hydrogen) atoms. The minimum absolute atomic E-state index is 0.368. The summed E-state index contributed by atoms with van der Waals surface area (Å²) >= 11 is 0. The lowest BCUT2D eigenvalue weighted by atomic mass is 9.85. The quantitative estimate of drug-likeness (QED) is 0.529. The van der Waals surface area contributed by atoms with E-state index in [9.17, 15) is 0 Å². The Morgan fingerprint density at radius 2 is 1.29 bits per heavy atom. The largest absolute Gasteiger partial charge is 0.124 e. The van der Waals surface area contributed by atoms with Crippen molar-refractivity contribution in [3.8, 4) is 0 Å². The van der Waals surface area contributed by atoms with E-state index in [1.54, 1.807) is 10.4 Å². The Bertz CT molecular complexity index is 604. The number of hydrogen-bond acceptors (Lipinski definition) is 0. The van der Waals surface area contributed by atoms with Crippen molar-refractivity contribution in [3.63, 3.8) is 0 Å². The average Bonchev–Trinajstić information content (AvgIpc) is 3.09. The molecule has 0 heterocycles. The normalized spacial score (nSPS) is 16.7. The number of allylic oxidation sites excluding steroid dienone is 2. The molecule has 125 valence electrons. The van der Waals surface area contributed by atoms with Gasteiger partial charge in [0.2, 0.25) is 0 Å². The van der Waals surface area contributed by atoms with E-state index in [0.29, 0.717) is 5.41 Å². The minimum atomic E-state index is -0.794. The number of hydrogen-bond donors (Lipinski definition) is 0. The molecular formula is C23H29Si. The van der Waals surface area contributed by atoms with Crippen molar-refractivity contribution in [2.45, 2.75) is 45.6 Å². The van der Waals surface area contributed by atoms with Gasteiger partial charge >= 0.3 is 0 Å². The number of benzene rings is 2. The molecule has 2 aromatic rings.